The van der Waals surface area contributed by atoms with Gasteiger partial charge in [-0.2, -0.15) is 0 Å². The van der Waals surface area contributed by atoms with Gasteiger partial charge in [-0.1, -0.05) is 164 Å². The van der Waals surface area contributed by atoms with Gasteiger partial charge in [-0.15, -0.1) is 0 Å². The Morgan fingerprint density at radius 1 is 0.290 bits per heavy atom. The zero-order chi connectivity index (χ0) is 41.0. The van der Waals surface area contributed by atoms with Gasteiger partial charge in [0.2, 0.25) is 0 Å². The fourth-order valence-electron chi connectivity index (χ4n) is 8.88. The van der Waals surface area contributed by atoms with Gasteiger partial charge in [0.05, 0.1) is 11.0 Å². The van der Waals surface area contributed by atoms with Crippen LogP contribution in [0.5, 0.6) is 0 Å². The highest BCUT2D eigenvalue weighted by molar-refractivity contribution is 6.11. The smallest absolute Gasteiger partial charge is 0.164 e. The molecule has 0 atom stereocenters. The Morgan fingerprint density at radius 2 is 0.758 bits per heavy atom. The van der Waals surface area contributed by atoms with Gasteiger partial charge in [0, 0.05) is 43.9 Å². The first-order valence-electron chi connectivity index (χ1n) is 20.8. The monoisotopic (exact) mass is 792 g/mol. The molecular formula is C57H36N4O. The number of rotatable bonds is 7. The predicted molar refractivity (Wildman–Crippen MR) is 254 cm³/mol. The summed E-state index contributed by atoms with van der Waals surface area (Å²) in [5.74, 6) is 1.81. The van der Waals surface area contributed by atoms with E-state index in [0.29, 0.717) is 17.5 Å². The van der Waals surface area contributed by atoms with Gasteiger partial charge in [0.1, 0.15) is 11.2 Å². The van der Waals surface area contributed by atoms with Gasteiger partial charge in [0.15, 0.2) is 17.5 Å². The summed E-state index contributed by atoms with van der Waals surface area (Å²) >= 11 is 0. The maximum atomic E-state index is 6.70. The van der Waals surface area contributed by atoms with Crippen LogP contribution in [0.1, 0.15) is 0 Å². The topological polar surface area (TPSA) is 56.7 Å². The summed E-state index contributed by atoms with van der Waals surface area (Å²) < 4.78 is 9.07. The lowest BCUT2D eigenvalue weighted by Crippen LogP contribution is -2.00. The van der Waals surface area contributed by atoms with Crippen LogP contribution in [-0.4, -0.2) is 19.5 Å². The molecule has 5 nitrogen and oxygen atoms in total. The molecule has 0 bridgehead atoms. The average Bonchev–Trinajstić information content (AvgIpc) is 3.89. The molecule has 0 aliphatic carbocycles. The van der Waals surface area contributed by atoms with Crippen LogP contribution in [0.25, 0.3) is 117 Å². The normalized spacial score (nSPS) is 11.5. The van der Waals surface area contributed by atoms with E-state index < -0.39 is 0 Å². The number of aromatic nitrogens is 4. The summed E-state index contributed by atoms with van der Waals surface area (Å²) in [4.78, 5) is 15.1. The molecule has 62 heavy (non-hydrogen) atoms. The molecule has 0 fully saturated rings. The average molecular weight is 793 g/mol. The van der Waals surface area contributed by atoms with Gasteiger partial charge in [-0.25, -0.2) is 15.0 Å². The molecule has 5 heteroatoms. The lowest BCUT2D eigenvalue weighted by Gasteiger charge is -2.12. The van der Waals surface area contributed by atoms with Gasteiger partial charge in [0.25, 0.3) is 0 Å². The molecule has 12 rings (SSSR count). The molecule has 0 unspecified atom stereocenters. The molecule has 12 aromatic rings. The van der Waals surface area contributed by atoms with Crippen LogP contribution in [0.2, 0.25) is 0 Å². The zero-order valence-electron chi connectivity index (χ0n) is 33.5. The first-order valence-corrected chi connectivity index (χ1v) is 20.8. The molecule has 3 heterocycles. The summed E-state index contributed by atoms with van der Waals surface area (Å²) in [6, 6.07) is 76.4. The number of hydrogen-bond donors (Lipinski definition) is 0. The first kappa shape index (κ1) is 35.5. The molecule has 9 aromatic carbocycles. The van der Waals surface area contributed by atoms with E-state index in [9.17, 15) is 0 Å². The van der Waals surface area contributed by atoms with Crippen molar-refractivity contribution in [3.8, 4) is 73.2 Å². The fraction of sp³-hybridized carbons (Fsp3) is 0. The van der Waals surface area contributed by atoms with Crippen LogP contribution in [0.4, 0.5) is 0 Å². The van der Waals surface area contributed by atoms with Gasteiger partial charge >= 0.3 is 0 Å². The van der Waals surface area contributed by atoms with Crippen molar-refractivity contribution in [2.45, 2.75) is 0 Å². The quantitative estimate of drug-likeness (QED) is 0.161. The minimum Gasteiger partial charge on any atom is -0.456 e. The van der Waals surface area contributed by atoms with E-state index >= 15 is 0 Å². The summed E-state index contributed by atoms with van der Waals surface area (Å²) in [5, 5.41) is 4.57. The first-order chi connectivity index (χ1) is 30.7. The number of benzene rings is 9. The minimum atomic E-state index is 0.583. The second kappa shape index (κ2) is 14.7. The van der Waals surface area contributed by atoms with Crippen molar-refractivity contribution in [3.63, 3.8) is 0 Å². The van der Waals surface area contributed by atoms with Crippen LogP contribution >= 0.6 is 0 Å². The molecule has 0 spiro atoms. The third-order valence-electron chi connectivity index (χ3n) is 11.9. The van der Waals surface area contributed by atoms with E-state index in [0.717, 1.165) is 77.7 Å². The SMILES string of the molecule is c1ccc(-c2cccc(-c3nc(-c4ccccc4)nc(-c4ccc5c(c4)oc4cc(-c6ccccc6-c6ccc7c8ccccc8n(-c8ccccc8)c7c6)ccc45)n3)c2)cc1. The Kier molecular flexibility index (Phi) is 8.42. The Labute approximate surface area is 357 Å². The molecule has 0 aliphatic heterocycles. The van der Waals surface area contributed by atoms with Crippen molar-refractivity contribution in [1.82, 2.24) is 19.5 Å². The summed E-state index contributed by atoms with van der Waals surface area (Å²) in [5.41, 5.74) is 14.6. The maximum Gasteiger partial charge on any atom is 0.164 e. The molecule has 0 saturated heterocycles. The molecule has 0 radical (unpaired) electrons. The maximum absolute atomic E-state index is 6.70. The van der Waals surface area contributed by atoms with E-state index in [2.05, 4.69) is 187 Å². The van der Waals surface area contributed by atoms with Crippen molar-refractivity contribution in [3.05, 3.63) is 218 Å². The lowest BCUT2D eigenvalue weighted by atomic mass is 9.93. The number of para-hydroxylation sites is 2. The highest BCUT2D eigenvalue weighted by Crippen LogP contribution is 2.40. The second-order valence-corrected chi connectivity index (χ2v) is 15.6. The highest BCUT2D eigenvalue weighted by atomic mass is 16.3. The summed E-state index contributed by atoms with van der Waals surface area (Å²) in [6.07, 6.45) is 0. The van der Waals surface area contributed by atoms with Crippen molar-refractivity contribution in [1.29, 1.82) is 0 Å². The third-order valence-corrected chi connectivity index (χ3v) is 11.9. The van der Waals surface area contributed by atoms with Gasteiger partial charge < -0.3 is 8.98 Å². The Morgan fingerprint density at radius 3 is 1.45 bits per heavy atom. The van der Waals surface area contributed by atoms with Crippen LogP contribution in [-0.2, 0) is 0 Å². The third kappa shape index (κ3) is 6.14. The molecule has 0 N–H and O–H groups in total. The standard InChI is InChI=1S/C57H36N4O/c1-4-15-37(16-5-1)39-19-14-20-42(33-39)56-58-55(38-17-6-2-7-18-38)59-57(60-56)43-29-32-50-49-31-28-41(35-53(49)62-54(50)36-43)46-24-11-10-23-45(46)40-27-30-48-47-25-12-13-26-51(47)61(52(48)34-40)44-21-8-3-9-22-44/h1-36H. The fourth-order valence-corrected chi connectivity index (χ4v) is 8.88. The molecule has 3 aromatic heterocycles. The summed E-state index contributed by atoms with van der Waals surface area (Å²) in [7, 11) is 0. The number of nitrogens with zero attached hydrogens (tertiary/aromatic N) is 4. The van der Waals surface area contributed by atoms with Crippen molar-refractivity contribution in [2.75, 3.05) is 0 Å². The van der Waals surface area contributed by atoms with Crippen molar-refractivity contribution < 1.29 is 4.42 Å². The second-order valence-electron chi connectivity index (χ2n) is 15.6. The summed E-state index contributed by atoms with van der Waals surface area (Å²) in [6.45, 7) is 0. The highest BCUT2D eigenvalue weighted by Gasteiger charge is 2.18. The molecule has 0 saturated carbocycles. The minimum absolute atomic E-state index is 0.583. The van der Waals surface area contributed by atoms with Crippen LogP contribution in [0.3, 0.4) is 0 Å². The van der Waals surface area contributed by atoms with E-state index in [1.54, 1.807) is 0 Å². The molecule has 290 valence electrons. The van der Waals surface area contributed by atoms with Crippen LogP contribution < -0.4 is 0 Å². The lowest BCUT2D eigenvalue weighted by molar-refractivity contribution is 0.669. The van der Waals surface area contributed by atoms with E-state index in [4.69, 9.17) is 19.4 Å². The van der Waals surface area contributed by atoms with E-state index in [1.807, 2.05) is 36.4 Å². The molecule has 0 aliphatic rings. The number of fused-ring (bicyclic) bond motifs is 6. The van der Waals surface area contributed by atoms with Gasteiger partial charge in [-0.3, -0.25) is 0 Å². The Bertz CT molecular complexity index is 3630. The molecular weight excluding hydrogens is 757 g/mol. The van der Waals surface area contributed by atoms with Gasteiger partial charge in [-0.05, 0) is 88.0 Å². The Balaban J connectivity index is 0.944. The van der Waals surface area contributed by atoms with Crippen molar-refractivity contribution >= 4 is 43.7 Å². The van der Waals surface area contributed by atoms with Crippen LogP contribution in [0, 0.1) is 0 Å². The number of hydrogen-bond acceptors (Lipinski definition) is 4. The molecule has 0 amide bonds. The zero-order valence-corrected chi connectivity index (χ0v) is 33.5. The van der Waals surface area contributed by atoms with Crippen LogP contribution in [0.15, 0.2) is 223 Å². The largest absolute Gasteiger partial charge is 0.456 e. The number of furan rings is 1. The van der Waals surface area contributed by atoms with E-state index in [-0.39, 0.29) is 0 Å². The van der Waals surface area contributed by atoms with Crippen molar-refractivity contribution in [2.24, 2.45) is 0 Å². The Hall–Kier alpha value is -8.41. The predicted octanol–water partition coefficient (Wildman–Crippen LogP) is 14.9. The van der Waals surface area contributed by atoms with E-state index in [1.165, 1.54) is 21.8 Å².